The maximum Gasteiger partial charge on any atom is 0.320 e. The van der Waals surface area contributed by atoms with Crippen LogP contribution in [0.1, 0.15) is 30.4 Å². The summed E-state index contributed by atoms with van der Waals surface area (Å²) in [6.45, 7) is 4.49. The van der Waals surface area contributed by atoms with Crippen molar-refractivity contribution in [3.05, 3.63) is 84.1 Å². The molecular formula is C29H38N6O. The number of carbonyl (C=O) groups is 1. The molecule has 1 aromatic heterocycles. The quantitative estimate of drug-likeness (QED) is 0.414. The van der Waals surface area contributed by atoms with Gasteiger partial charge in [0.15, 0.2) is 0 Å². The standard InChI is InChI=1S/C29H38N6O/c1-34(20-15-25-10-6-3-7-11-25)28-30-18-14-27(32-28)33-29(36)31-19-23-35-21-16-26(17-22-35)13-12-24-8-4-2-5-9-24/h2-11,14,18,26H,12-13,15-17,19-23H2,1H3,(H2,30,31,32,33,36). The van der Waals surface area contributed by atoms with Gasteiger partial charge in [0.1, 0.15) is 5.82 Å². The molecule has 36 heavy (non-hydrogen) atoms. The summed E-state index contributed by atoms with van der Waals surface area (Å²) in [5, 5.41) is 5.81. The molecule has 1 fully saturated rings. The molecule has 0 saturated carbocycles. The van der Waals surface area contributed by atoms with E-state index in [1.165, 1.54) is 36.8 Å². The first-order valence-electron chi connectivity index (χ1n) is 13.0. The van der Waals surface area contributed by atoms with Crippen LogP contribution in [0.2, 0.25) is 0 Å². The number of urea groups is 1. The van der Waals surface area contributed by atoms with Gasteiger partial charge in [-0.1, -0.05) is 60.7 Å². The number of amides is 2. The Balaban J connectivity index is 1.12. The van der Waals surface area contributed by atoms with Crippen molar-refractivity contribution >= 4 is 17.8 Å². The predicted octanol–water partition coefficient (Wildman–Crippen LogP) is 4.62. The molecule has 1 aliphatic heterocycles. The van der Waals surface area contributed by atoms with Gasteiger partial charge >= 0.3 is 6.03 Å². The maximum atomic E-state index is 12.4. The fraction of sp³-hybridized carbons (Fsp3) is 0.414. The number of aromatic nitrogens is 2. The zero-order valence-electron chi connectivity index (χ0n) is 21.3. The van der Waals surface area contributed by atoms with E-state index >= 15 is 0 Å². The van der Waals surface area contributed by atoms with Crippen LogP contribution in [0, 0.1) is 5.92 Å². The highest BCUT2D eigenvalue weighted by Gasteiger charge is 2.19. The number of anilines is 2. The highest BCUT2D eigenvalue weighted by molar-refractivity contribution is 5.88. The number of likely N-dealkylation sites (tertiary alicyclic amines) is 1. The highest BCUT2D eigenvalue weighted by Crippen LogP contribution is 2.22. The first-order valence-corrected chi connectivity index (χ1v) is 13.0. The van der Waals surface area contributed by atoms with Gasteiger partial charge in [0.25, 0.3) is 0 Å². The topological polar surface area (TPSA) is 73.4 Å². The van der Waals surface area contributed by atoms with Crippen molar-refractivity contribution in [3.8, 4) is 0 Å². The van der Waals surface area contributed by atoms with Crippen molar-refractivity contribution in [1.82, 2.24) is 20.2 Å². The van der Waals surface area contributed by atoms with Crippen LogP contribution in [-0.4, -0.2) is 60.7 Å². The van der Waals surface area contributed by atoms with Crippen LogP contribution >= 0.6 is 0 Å². The van der Waals surface area contributed by atoms with Gasteiger partial charge in [0.05, 0.1) is 0 Å². The van der Waals surface area contributed by atoms with Crippen molar-refractivity contribution in [2.24, 2.45) is 5.92 Å². The number of hydrogen-bond acceptors (Lipinski definition) is 5. The van der Waals surface area contributed by atoms with Gasteiger partial charge in [-0.05, 0) is 68.3 Å². The van der Waals surface area contributed by atoms with Gasteiger partial charge in [0, 0.05) is 32.9 Å². The summed E-state index contributed by atoms with van der Waals surface area (Å²) >= 11 is 0. The normalized spacial score (nSPS) is 14.4. The summed E-state index contributed by atoms with van der Waals surface area (Å²) < 4.78 is 0. The SMILES string of the molecule is CN(CCc1ccccc1)c1nccc(NC(=O)NCCN2CCC(CCc3ccccc3)CC2)n1. The Kier molecular flexibility index (Phi) is 9.68. The first kappa shape index (κ1) is 25.6. The molecule has 0 atom stereocenters. The second-order valence-electron chi connectivity index (χ2n) is 9.59. The van der Waals surface area contributed by atoms with Crippen LogP contribution in [0.25, 0.3) is 0 Å². The second kappa shape index (κ2) is 13.6. The number of piperidine rings is 1. The van der Waals surface area contributed by atoms with Crippen molar-refractivity contribution in [3.63, 3.8) is 0 Å². The van der Waals surface area contributed by atoms with E-state index in [2.05, 4.69) is 68.0 Å². The Bertz CT molecular complexity index is 1050. The molecule has 0 bridgehead atoms. The smallest absolute Gasteiger partial charge is 0.320 e. The van der Waals surface area contributed by atoms with E-state index in [-0.39, 0.29) is 6.03 Å². The zero-order valence-corrected chi connectivity index (χ0v) is 21.3. The molecule has 0 radical (unpaired) electrons. The van der Waals surface area contributed by atoms with E-state index in [0.29, 0.717) is 18.3 Å². The minimum atomic E-state index is -0.232. The average molecular weight is 487 g/mol. The van der Waals surface area contributed by atoms with Crippen molar-refractivity contribution in [2.45, 2.75) is 32.1 Å². The lowest BCUT2D eigenvalue weighted by atomic mass is 9.90. The van der Waals surface area contributed by atoms with E-state index in [0.717, 1.165) is 38.5 Å². The Labute approximate surface area is 215 Å². The van der Waals surface area contributed by atoms with E-state index in [4.69, 9.17) is 0 Å². The monoisotopic (exact) mass is 486 g/mol. The van der Waals surface area contributed by atoms with Crippen molar-refractivity contribution < 1.29 is 4.79 Å². The largest absolute Gasteiger partial charge is 0.343 e. The molecule has 1 aliphatic rings. The molecule has 4 rings (SSSR count). The molecule has 2 N–H and O–H groups in total. The van der Waals surface area contributed by atoms with Gasteiger partial charge in [0.2, 0.25) is 5.95 Å². The number of aryl methyl sites for hydroxylation is 1. The predicted molar refractivity (Wildman–Crippen MR) is 146 cm³/mol. The fourth-order valence-electron chi connectivity index (χ4n) is 4.65. The third-order valence-corrected chi connectivity index (χ3v) is 6.91. The Morgan fingerprint density at radius 1 is 0.972 bits per heavy atom. The Morgan fingerprint density at radius 2 is 1.64 bits per heavy atom. The van der Waals surface area contributed by atoms with E-state index in [9.17, 15) is 4.79 Å². The van der Waals surface area contributed by atoms with Crippen LogP contribution in [0.3, 0.4) is 0 Å². The summed E-state index contributed by atoms with van der Waals surface area (Å²) in [7, 11) is 1.97. The fourth-order valence-corrected chi connectivity index (χ4v) is 4.65. The summed E-state index contributed by atoms with van der Waals surface area (Å²) in [5.41, 5.74) is 2.71. The number of nitrogens with zero attached hydrogens (tertiary/aromatic N) is 4. The third-order valence-electron chi connectivity index (χ3n) is 6.91. The minimum absolute atomic E-state index is 0.232. The molecule has 1 saturated heterocycles. The molecule has 2 heterocycles. The summed E-state index contributed by atoms with van der Waals surface area (Å²) in [6.07, 6.45) is 7.49. The van der Waals surface area contributed by atoms with Crippen LogP contribution < -0.4 is 15.5 Å². The number of hydrogen-bond donors (Lipinski definition) is 2. The zero-order chi connectivity index (χ0) is 25.0. The maximum absolute atomic E-state index is 12.4. The third kappa shape index (κ3) is 8.34. The Morgan fingerprint density at radius 3 is 2.33 bits per heavy atom. The number of likely N-dealkylation sites (N-methyl/N-ethyl adjacent to an activating group) is 1. The summed E-state index contributed by atoms with van der Waals surface area (Å²) in [5.74, 6) is 1.90. The number of benzene rings is 2. The summed E-state index contributed by atoms with van der Waals surface area (Å²) in [6, 6.07) is 22.6. The molecule has 0 unspecified atom stereocenters. The second-order valence-corrected chi connectivity index (χ2v) is 9.59. The Hall–Kier alpha value is -3.45. The molecule has 0 spiro atoms. The van der Waals surface area contributed by atoms with E-state index in [1.54, 1.807) is 12.3 Å². The molecule has 2 amide bonds. The number of nitrogens with one attached hydrogen (secondary N) is 2. The van der Waals surface area contributed by atoms with Gasteiger partial charge in [-0.3, -0.25) is 5.32 Å². The van der Waals surface area contributed by atoms with Gasteiger partial charge in [-0.25, -0.2) is 9.78 Å². The lowest BCUT2D eigenvalue weighted by Crippen LogP contribution is -2.40. The van der Waals surface area contributed by atoms with Gasteiger partial charge in [-0.2, -0.15) is 4.98 Å². The van der Waals surface area contributed by atoms with Crippen LogP contribution in [0.5, 0.6) is 0 Å². The molecular weight excluding hydrogens is 448 g/mol. The van der Waals surface area contributed by atoms with Crippen molar-refractivity contribution in [1.29, 1.82) is 0 Å². The first-order chi connectivity index (χ1) is 17.7. The van der Waals surface area contributed by atoms with Gasteiger partial charge in [-0.15, -0.1) is 0 Å². The van der Waals surface area contributed by atoms with Gasteiger partial charge < -0.3 is 15.1 Å². The number of carbonyl (C=O) groups excluding carboxylic acids is 1. The van der Waals surface area contributed by atoms with E-state index in [1.807, 2.05) is 30.1 Å². The minimum Gasteiger partial charge on any atom is -0.343 e. The summed E-state index contributed by atoms with van der Waals surface area (Å²) in [4.78, 5) is 25.7. The van der Waals surface area contributed by atoms with Crippen LogP contribution in [0.15, 0.2) is 72.9 Å². The van der Waals surface area contributed by atoms with Crippen LogP contribution in [0.4, 0.5) is 16.6 Å². The molecule has 0 aliphatic carbocycles. The molecule has 7 nitrogen and oxygen atoms in total. The van der Waals surface area contributed by atoms with Crippen LogP contribution in [-0.2, 0) is 12.8 Å². The average Bonchev–Trinajstić information content (AvgIpc) is 2.92. The lowest BCUT2D eigenvalue weighted by Gasteiger charge is -2.32. The lowest BCUT2D eigenvalue weighted by molar-refractivity contribution is 0.180. The number of rotatable bonds is 11. The highest BCUT2D eigenvalue weighted by atomic mass is 16.2. The molecule has 2 aromatic carbocycles. The molecule has 7 heteroatoms. The molecule has 190 valence electrons. The molecule has 3 aromatic rings. The van der Waals surface area contributed by atoms with E-state index < -0.39 is 0 Å². The van der Waals surface area contributed by atoms with Crippen molar-refractivity contribution in [2.75, 3.05) is 50.0 Å².